The van der Waals surface area contributed by atoms with Crippen molar-refractivity contribution in [2.24, 2.45) is 5.92 Å². The monoisotopic (exact) mass is 417 g/mol. The molecule has 152 valence electrons. The van der Waals surface area contributed by atoms with Gasteiger partial charge in [0.15, 0.2) is 0 Å². The van der Waals surface area contributed by atoms with Crippen molar-refractivity contribution in [3.05, 3.63) is 23.5 Å². The number of nitriles is 2. The summed E-state index contributed by atoms with van der Waals surface area (Å²) < 4.78 is 15.0. The largest absolute Gasteiger partial charge is 0.349 e. The molecule has 0 spiro atoms. The summed E-state index contributed by atoms with van der Waals surface area (Å²) in [7, 11) is 0. The fourth-order valence-corrected chi connectivity index (χ4v) is 4.15. The number of amides is 3. The SMILES string of the molecule is CC1NC([C@@H](C)NC(=O)CN2Sc3c(ccc(F)c3C#N)NC2=O)NCC1C#N. The predicted molar refractivity (Wildman–Crippen MR) is 104 cm³/mol. The molecule has 2 aliphatic heterocycles. The van der Waals surface area contributed by atoms with Gasteiger partial charge in [-0.3, -0.25) is 19.7 Å². The third kappa shape index (κ3) is 4.43. The van der Waals surface area contributed by atoms with E-state index in [1.807, 2.05) is 13.8 Å². The molecule has 9 nitrogen and oxygen atoms in total. The Morgan fingerprint density at radius 1 is 1.48 bits per heavy atom. The summed E-state index contributed by atoms with van der Waals surface area (Å²) in [6.07, 6.45) is -0.221. The Kier molecular flexibility index (Phi) is 6.23. The van der Waals surface area contributed by atoms with Crippen molar-refractivity contribution in [3.8, 4) is 12.1 Å². The quantitative estimate of drug-likeness (QED) is 0.539. The normalized spacial score (nSPS) is 24.5. The van der Waals surface area contributed by atoms with Crippen LogP contribution in [0.1, 0.15) is 19.4 Å². The molecule has 0 saturated carbocycles. The van der Waals surface area contributed by atoms with Crippen LogP contribution >= 0.6 is 11.9 Å². The van der Waals surface area contributed by atoms with Crippen molar-refractivity contribution in [3.63, 3.8) is 0 Å². The molecule has 11 heteroatoms. The number of halogens is 1. The second kappa shape index (κ2) is 8.66. The Labute approximate surface area is 171 Å². The van der Waals surface area contributed by atoms with Crippen molar-refractivity contribution < 1.29 is 14.0 Å². The van der Waals surface area contributed by atoms with Crippen LogP contribution in [0.4, 0.5) is 14.9 Å². The van der Waals surface area contributed by atoms with Crippen molar-refractivity contribution in [2.45, 2.75) is 37.0 Å². The summed E-state index contributed by atoms with van der Waals surface area (Å²) in [4.78, 5) is 25.0. The highest BCUT2D eigenvalue weighted by molar-refractivity contribution is 7.98. The van der Waals surface area contributed by atoms with E-state index in [0.29, 0.717) is 12.2 Å². The first-order valence-electron chi connectivity index (χ1n) is 9.01. The van der Waals surface area contributed by atoms with Gasteiger partial charge in [-0.15, -0.1) is 0 Å². The molecule has 4 atom stereocenters. The molecule has 1 aromatic rings. The minimum atomic E-state index is -0.688. The number of fused-ring (bicyclic) bond motifs is 1. The highest BCUT2D eigenvalue weighted by atomic mass is 32.2. The average Bonchev–Trinajstić information content (AvgIpc) is 2.68. The zero-order valence-electron chi connectivity index (χ0n) is 15.8. The molecular formula is C18H20FN7O2S. The van der Waals surface area contributed by atoms with E-state index in [-0.39, 0.29) is 41.2 Å². The molecular weight excluding hydrogens is 397 g/mol. The zero-order valence-corrected chi connectivity index (χ0v) is 16.6. The van der Waals surface area contributed by atoms with Crippen LogP contribution in [0.15, 0.2) is 17.0 Å². The van der Waals surface area contributed by atoms with Crippen LogP contribution in [-0.4, -0.2) is 47.6 Å². The fourth-order valence-electron chi connectivity index (χ4n) is 3.17. The summed E-state index contributed by atoms with van der Waals surface area (Å²) in [5.74, 6) is -1.25. The molecule has 1 aromatic carbocycles. The van der Waals surface area contributed by atoms with Crippen LogP contribution < -0.4 is 21.3 Å². The molecule has 1 fully saturated rings. The van der Waals surface area contributed by atoms with E-state index >= 15 is 0 Å². The maximum absolute atomic E-state index is 13.8. The predicted octanol–water partition coefficient (Wildman–Crippen LogP) is 1.10. The van der Waals surface area contributed by atoms with Crippen LogP contribution in [0.25, 0.3) is 0 Å². The second-order valence-electron chi connectivity index (χ2n) is 6.90. The molecule has 1 saturated heterocycles. The standard InChI is InChI=1S/C18H20FN7O2S/c1-9-11(5-20)7-22-17(24-9)10(2)23-15(27)8-26-18(28)25-14-4-3-13(19)12(6-21)16(14)29-26/h3-4,9-11,17,22,24H,7-8H2,1-2H3,(H,23,27)(H,25,28)/t9?,10-,11?,17?/m1/s1. The lowest BCUT2D eigenvalue weighted by Gasteiger charge is -2.37. The van der Waals surface area contributed by atoms with E-state index < -0.39 is 17.8 Å². The number of urea groups is 1. The molecule has 4 N–H and O–H groups in total. The van der Waals surface area contributed by atoms with Crippen LogP contribution in [0.5, 0.6) is 0 Å². The first-order valence-corrected chi connectivity index (χ1v) is 9.79. The van der Waals surface area contributed by atoms with Crippen LogP contribution in [-0.2, 0) is 4.79 Å². The van der Waals surface area contributed by atoms with E-state index in [9.17, 15) is 19.2 Å². The Hall–Kier alpha value is -2.86. The van der Waals surface area contributed by atoms with E-state index in [1.54, 1.807) is 6.07 Å². The number of hydrogen-bond donors (Lipinski definition) is 4. The van der Waals surface area contributed by atoms with Gasteiger partial charge in [-0.1, -0.05) is 0 Å². The Morgan fingerprint density at radius 2 is 2.24 bits per heavy atom. The van der Waals surface area contributed by atoms with Crippen molar-refractivity contribution >= 4 is 29.6 Å². The summed E-state index contributed by atoms with van der Waals surface area (Å²) in [5, 5.41) is 30.1. The third-order valence-corrected chi connectivity index (χ3v) is 5.96. The zero-order chi connectivity index (χ0) is 21.1. The molecule has 0 bridgehead atoms. The molecule has 3 unspecified atom stereocenters. The van der Waals surface area contributed by atoms with Gasteiger partial charge in [-0.05, 0) is 37.9 Å². The summed E-state index contributed by atoms with van der Waals surface area (Å²) >= 11 is 0.856. The lowest BCUT2D eigenvalue weighted by atomic mass is 9.98. The maximum Gasteiger partial charge on any atom is 0.332 e. The van der Waals surface area contributed by atoms with Gasteiger partial charge in [0.25, 0.3) is 0 Å². The van der Waals surface area contributed by atoms with Crippen molar-refractivity contribution in [1.29, 1.82) is 10.5 Å². The average molecular weight is 417 g/mol. The van der Waals surface area contributed by atoms with Gasteiger partial charge < -0.3 is 10.6 Å². The van der Waals surface area contributed by atoms with Gasteiger partial charge in [-0.2, -0.15) is 10.5 Å². The van der Waals surface area contributed by atoms with Crippen molar-refractivity contribution in [1.82, 2.24) is 20.3 Å². The first-order chi connectivity index (χ1) is 13.8. The number of benzene rings is 1. The maximum atomic E-state index is 13.8. The Bertz CT molecular complexity index is 913. The summed E-state index contributed by atoms with van der Waals surface area (Å²) in [6, 6.07) is 5.65. The highest BCUT2D eigenvalue weighted by Gasteiger charge is 2.32. The summed E-state index contributed by atoms with van der Waals surface area (Å²) in [5.41, 5.74) is 0.155. The van der Waals surface area contributed by atoms with Crippen molar-refractivity contribution in [2.75, 3.05) is 18.4 Å². The van der Waals surface area contributed by atoms with Gasteiger partial charge in [0.2, 0.25) is 5.91 Å². The van der Waals surface area contributed by atoms with E-state index in [4.69, 9.17) is 5.26 Å². The van der Waals surface area contributed by atoms with Crippen LogP contribution in [0.2, 0.25) is 0 Å². The molecule has 2 heterocycles. The number of carbonyl (C=O) groups is 2. The van der Waals surface area contributed by atoms with Gasteiger partial charge in [0.1, 0.15) is 24.0 Å². The molecule has 29 heavy (non-hydrogen) atoms. The number of nitrogens with one attached hydrogen (secondary N) is 4. The number of nitrogens with zero attached hydrogens (tertiary/aromatic N) is 3. The van der Waals surface area contributed by atoms with Crippen LogP contribution in [0, 0.1) is 34.4 Å². The third-order valence-electron chi connectivity index (χ3n) is 4.83. The molecule has 2 aliphatic rings. The van der Waals surface area contributed by atoms with Gasteiger partial charge in [0.05, 0.1) is 34.8 Å². The summed E-state index contributed by atoms with van der Waals surface area (Å²) in [6.45, 7) is 3.96. The molecule has 0 aliphatic carbocycles. The van der Waals surface area contributed by atoms with E-state index in [2.05, 4.69) is 27.3 Å². The molecule has 0 radical (unpaired) electrons. The number of rotatable bonds is 4. The number of anilines is 1. The fraction of sp³-hybridized carbons (Fsp3) is 0.444. The number of hydrogen-bond acceptors (Lipinski definition) is 7. The Morgan fingerprint density at radius 3 is 2.90 bits per heavy atom. The second-order valence-corrected chi connectivity index (χ2v) is 7.93. The first kappa shape index (κ1) is 20.9. The van der Waals surface area contributed by atoms with Gasteiger partial charge in [-0.25, -0.2) is 9.18 Å². The number of carbonyl (C=O) groups excluding carboxylic acids is 2. The molecule has 0 aromatic heterocycles. The minimum absolute atomic E-state index is 0.0233. The lowest BCUT2D eigenvalue weighted by Crippen LogP contribution is -2.64. The lowest BCUT2D eigenvalue weighted by molar-refractivity contribution is -0.121. The Balaban J connectivity index is 1.61. The van der Waals surface area contributed by atoms with Crippen LogP contribution in [0.3, 0.4) is 0 Å². The van der Waals surface area contributed by atoms with Gasteiger partial charge >= 0.3 is 6.03 Å². The van der Waals surface area contributed by atoms with Gasteiger partial charge in [0, 0.05) is 12.6 Å². The smallest absolute Gasteiger partial charge is 0.332 e. The molecule has 3 rings (SSSR count). The highest BCUT2D eigenvalue weighted by Crippen LogP contribution is 2.38. The topological polar surface area (TPSA) is 133 Å². The van der Waals surface area contributed by atoms with E-state index in [1.165, 1.54) is 6.07 Å². The van der Waals surface area contributed by atoms with E-state index in [0.717, 1.165) is 22.3 Å². The minimum Gasteiger partial charge on any atom is -0.349 e. The molecule has 3 amide bonds.